The molecule has 1 aliphatic rings. The molecule has 0 radical (unpaired) electrons. The first-order chi connectivity index (χ1) is 10.5. The van der Waals surface area contributed by atoms with E-state index in [1.807, 2.05) is 31.2 Å². The number of benzene rings is 2. The van der Waals surface area contributed by atoms with Crippen molar-refractivity contribution in [2.45, 2.75) is 25.8 Å². The van der Waals surface area contributed by atoms with Crippen molar-refractivity contribution >= 4 is 24.0 Å². The number of anilines is 1. The maximum Gasteiger partial charge on any atom is 0.228 e. The molecule has 0 aromatic heterocycles. The lowest BCUT2D eigenvalue weighted by Gasteiger charge is -2.18. The predicted molar refractivity (Wildman–Crippen MR) is 93.4 cm³/mol. The number of amides is 1. The van der Waals surface area contributed by atoms with Crippen LogP contribution in [0.1, 0.15) is 18.9 Å². The van der Waals surface area contributed by atoms with E-state index in [0.29, 0.717) is 13.0 Å². The van der Waals surface area contributed by atoms with Gasteiger partial charge in [0.15, 0.2) is 0 Å². The Morgan fingerprint density at radius 1 is 1.26 bits per heavy atom. The molecule has 2 aromatic rings. The van der Waals surface area contributed by atoms with Gasteiger partial charge in [-0.15, -0.1) is 12.4 Å². The molecule has 1 heterocycles. The highest BCUT2D eigenvalue weighted by Crippen LogP contribution is 2.33. The zero-order chi connectivity index (χ0) is 15.7. The van der Waals surface area contributed by atoms with Gasteiger partial charge in [0.05, 0.1) is 0 Å². The smallest absolute Gasteiger partial charge is 0.228 e. The van der Waals surface area contributed by atoms with Gasteiger partial charge in [0.1, 0.15) is 5.82 Å². The van der Waals surface area contributed by atoms with Crippen LogP contribution in [0, 0.1) is 5.82 Å². The number of nitrogens with zero attached hydrogens (tertiary/aromatic N) is 1. The van der Waals surface area contributed by atoms with Crippen LogP contribution in [0.15, 0.2) is 42.5 Å². The molecule has 0 fully saturated rings. The molecule has 0 saturated carbocycles. The van der Waals surface area contributed by atoms with Gasteiger partial charge in [0.25, 0.3) is 0 Å². The third-order valence-corrected chi connectivity index (χ3v) is 3.93. The predicted octanol–water partition coefficient (Wildman–Crippen LogP) is 3.54. The Bertz CT molecular complexity index is 718. The molecule has 0 aliphatic carbocycles. The number of fused-ring (bicyclic) bond motifs is 1. The minimum atomic E-state index is -0.244. The first-order valence-corrected chi connectivity index (χ1v) is 7.49. The van der Waals surface area contributed by atoms with Gasteiger partial charge in [0, 0.05) is 24.7 Å². The second-order valence-electron chi connectivity index (χ2n) is 5.83. The summed E-state index contributed by atoms with van der Waals surface area (Å²) in [6.45, 7) is 2.52. The van der Waals surface area contributed by atoms with E-state index in [1.165, 1.54) is 12.1 Å². The summed E-state index contributed by atoms with van der Waals surface area (Å²) in [5.41, 5.74) is 9.61. The van der Waals surface area contributed by atoms with Crippen molar-refractivity contribution in [1.82, 2.24) is 0 Å². The van der Waals surface area contributed by atoms with Crippen molar-refractivity contribution in [3.63, 3.8) is 0 Å². The Hall–Kier alpha value is -1.91. The quantitative estimate of drug-likeness (QED) is 0.933. The average Bonchev–Trinajstić information content (AvgIpc) is 2.89. The number of rotatable bonds is 3. The molecule has 1 unspecified atom stereocenters. The molecule has 1 atom stereocenters. The lowest BCUT2D eigenvalue weighted by atomic mass is 10.0. The van der Waals surface area contributed by atoms with Crippen molar-refractivity contribution < 1.29 is 9.18 Å². The largest absolute Gasteiger partial charge is 0.327 e. The monoisotopic (exact) mass is 334 g/mol. The molecule has 5 heteroatoms. The Labute approximate surface area is 141 Å². The van der Waals surface area contributed by atoms with E-state index in [0.717, 1.165) is 28.8 Å². The van der Waals surface area contributed by atoms with E-state index in [2.05, 4.69) is 0 Å². The van der Waals surface area contributed by atoms with Gasteiger partial charge in [-0.2, -0.15) is 0 Å². The number of carbonyl (C=O) groups is 1. The molecule has 1 amide bonds. The minimum absolute atomic E-state index is 0. The maximum absolute atomic E-state index is 13.4. The van der Waals surface area contributed by atoms with Crippen LogP contribution in [0.4, 0.5) is 10.1 Å². The molecule has 0 bridgehead atoms. The number of carbonyl (C=O) groups excluding carboxylic acids is 1. The molecule has 2 aromatic carbocycles. The third kappa shape index (κ3) is 3.71. The first-order valence-electron chi connectivity index (χ1n) is 7.49. The Morgan fingerprint density at radius 2 is 2.00 bits per heavy atom. The van der Waals surface area contributed by atoms with Gasteiger partial charge in [-0.05, 0) is 54.3 Å². The fourth-order valence-electron chi connectivity index (χ4n) is 2.89. The van der Waals surface area contributed by atoms with Crippen LogP contribution >= 0.6 is 12.4 Å². The third-order valence-electron chi connectivity index (χ3n) is 3.93. The van der Waals surface area contributed by atoms with E-state index >= 15 is 0 Å². The zero-order valence-corrected chi connectivity index (χ0v) is 13.8. The second-order valence-corrected chi connectivity index (χ2v) is 5.83. The van der Waals surface area contributed by atoms with E-state index in [9.17, 15) is 9.18 Å². The average molecular weight is 335 g/mol. The summed E-state index contributed by atoms with van der Waals surface area (Å²) < 4.78 is 13.4. The number of hydrogen-bond donors (Lipinski definition) is 1. The minimum Gasteiger partial charge on any atom is -0.327 e. The summed E-state index contributed by atoms with van der Waals surface area (Å²) in [7, 11) is 0. The lowest BCUT2D eigenvalue weighted by Crippen LogP contribution is -2.33. The van der Waals surface area contributed by atoms with Gasteiger partial charge in [0.2, 0.25) is 5.91 Å². The highest BCUT2D eigenvalue weighted by atomic mass is 35.5. The Balaban J connectivity index is 0.00000192. The number of hydrogen-bond acceptors (Lipinski definition) is 2. The highest BCUT2D eigenvalue weighted by molar-refractivity contribution is 5.96. The summed E-state index contributed by atoms with van der Waals surface area (Å²) in [6.07, 6.45) is 1.17. The molecule has 23 heavy (non-hydrogen) atoms. The van der Waals surface area contributed by atoms with Crippen molar-refractivity contribution in [1.29, 1.82) is 0 Å². The summed E-state index contributed by atoms with van der Waals surface area (Å²) in [5.74, 6) is -0.181. The normalized spacial score (nSPS) is 14.1. The SMILES string of the molecule is CC(N)CC(=O)N1CCc2cc(-c3cccc(F)c3)ccc21.Cl. The van der Waals surface area contributed by atoms with Crippen molar-refractivity contribution in [2.24, 2.45) is 5.73 Å². The molecular formula is C18H20ClFN2O. The lowest BCUT2D eigenvalue weighted by molar-refractivity contribution is -0.118. The first kappa shape index (κ1) is 17.4. The van der Waals surface area contributed by atoms with E-state index in [-0.39, 0.29) is 30.2 Å². The van der Waals surface area contributed by atoms with Gasteiger partial charge in [-0.3, -0.25) is 4.79 Å². The van der Waals surface area contributed by atoms with Crippen molar-refractivity contribution in [3.8, 4) is 11.1 Å². The van der Waals surface area contributed by atoms with Crippen LogP contribution < -0.4 is 10.6 Å². The summed E-state index contributed by atoms with van der Waals surface area (Å²) in [4.78, 5) is 14.0. The fourth-order valence-corrected chi connectivity index (χ4v) is 2.89. The van der Waals surface area contributed by atoms with E-state index < -0.39 is 0 Å². The molecule has 0 spiro atoms. The molecule has 122 valence electrons. The maximum atomic E-state index is 13.4. The zero-order valence-electron chi connectivity index (χ0n) is 13.0. The highest BCUT2D eigenvalue weighted by Gasteiger charge is 2.25. The van der Waals surface area contributed by atoms with Gasteiger partial charge < -0.3 is 10.6 Å². The van der Waals surface area contributed by atoms with Crippen LogP contribution in [-0.4, -0.2) is 18.5 Å². The standard InChI is InChI=1S/C18H19FN2O.ClH/c1-12(20)9-18(22)21-8-7-15-10-14(5-6-17(15)21)13-3-2-4-16(19)11-13;/h2-6,10-12H,7-9,20H2,1H3;1H. The van der Waals surface area contributed by atoms with Crippen LogP contribution in [-0.2, 0) is 11.2 Å². The van der Waals surface area contributed by atoms with Crippen LogP contribution in [0.5, 0.6) is 0 Å². The topological polar surface area (TPSA) is 46.3 Å². The summed E-state index contributed by atoms with van der Waals surface area (Å²) >= 11 is 0. The van der Waals surface area contributed by atoms with E-state index in [1.54, 1.807) is 11.0 Å². The van der Waals surface area contributed by atoms with Crippen molar-refractivity contribution in [3.05, 3.63) is 53.8 Å². The summed E-state index contributed by atoms with van der Waals surface area (Å²) in [6, 6.07) is 12.3. The Morgan fingerprint density at radius 3 is 2.70 bits per heavy atom. The number of halogens is 2. The van der Waals surface area contributed by atoms with E-state index in [4.69, 9.17) is 5.73 Å². The molecule has 2 N–H and O–H groups in total. The molecule has 3 nitrogen and oxygen atoms in total. The molecule has 0 saturated heterocycles. The second kappa shape index (κ2) is 7.11. The van der Waals surface area contributed by atoms with Gasteiger partial charge >= 0.3 is 0 Å². The molecule has 3 rings (SSSR count). The fraction of sp³-hybridized carbons (Fsp3) is 0.278. The van der Waals surface area contributed by atoms with Gasteiger partial charge in [-0.1, -0.05) is 18.2 Å². The molecular weight excluding hydrogens is 315 g/mol. The van der Waals surface area contributed by atoms with Crippen molar-refractivity contribution in [2.75, 3.05) is 11.4 Å². The number of nitrogens with two attached hydrogens (primary N) is 1. The summed E-state index contributed by atoms with van der Waals surface area (Å²) in [5, 5.41) is 0. The Kier molecular flexibility index (Phi) is 5.39. The molecule has 1 aliphatic heterocycles. The van der Waals surface area contributed by atoms with Crippen LogP contribution in [0.25, 0.3) is 11.1 Å². The van der Waals surface area contributed by atoms with Crippen LogP contribution in [0.3, 0.4) is 0 Å². The van der Waals surface area contributed by atoms with Gasteiger partial charge in [-0.25, -0.2) is 4.39 Å². The van der Waals surface area contributed by atoms with Crippen LogP contribution in [0.2, 0.25) is 0 Å².